The number of rotatable bonds is 5. The highest BCUT2D eigenvalue weighted by atomic mass is 32.1. The fraction of sp³-hybridized carbons (Fsp3) is 0.280. The molecule has 1 aliphatic carbocycles. The van der Waals surface area contributed by atoms with Gasteiger partial charge in [0, 0.05) is 17.9 Å². The first-order chi connectivity index (χ1) is 16.3. The number of aliphatic carboxylic acids is 1. The Bertz CT molecular complexity index is 1260. The quantitative estimate of drug-likeness (QED) is 0.562. The number of ether oxygens (including phenoxy) is 1. The summed E-state index contributed by atoms with van der Waals surface area (Å²) in [4.78, 5) is 42.4. The first-order valence-electron chi connectivity index (χ1n) is 10.9. The number of hydrogen-bond donors (Lipinski definition) is 2. The van der Waals surface area contributed by atoms with E-state index in [-0.39, 0.29) is 22.5 Å². The van der Waals surface area contributed by atoms with Crippen molar-refractivity contribution in [2.45, 2.75) is 25.8 Å². The minimum absolute atomic E-state index is 0.0608. The summed E-state index contributed by atoms with van der Waals surface area (Å²) in [6, 6.07) is 15.3. The van der Waals surface area contributed by atoms with Gasteiger partial charge in [-0.25, -0.2) is 14.6 Å². The Morgan fingerprint density at radius 1 is 1.12 bits per heavy atom. The largest absolute Gasteiger partial charge is 0.480 e. The van der Waals surface area contributed by atoms with Crippen LogP contribution in [0.4, 0.5) is 9.93 Å². The predicted octanol–water partition coefficient (Wildman–Crippen LogP) is 4.44. The summed E-state index contributed by atoms with van der Waals surface area (Å²) >= 11 is 0.989. The number of anilines is 1. The molecular weight excluding hydrogens is 454 g/mol. The molecule has 2 heterocycles. The Labute approximate surface area is 200 Å². The van der Waals surface area contributed by atoms with E-state index >= 15 is 0 Å². The number of carbonyl (C=O) groups excluding carboxylic acids is 2. The number of fused-ring (bicyclic) bond motifs is 3. The van der Waals surface area contributed by atoms with Crippen LogP contribution in [-0.4, -0.2) is 52.2 Å². The molecule has 0 spiro atoms. The van der Waals surface area contributed by atoms with Crippen LogP contribution in [0, 0.1) is 5.41 Å². The third-order valence-electron chi connectivity index (χ3n) is 6.39. The minimum Gasteiger partial charge on any atom is -0.480 e. The highest BCUT2D eigenvalue weighted by molar-refractivity contribution is 7.17. The van der Waals surface area contributed by atoms with Crippen LogP contribution in [0.15, 0.2) is 54.7 Å². The standard InChI is InChI=1S/C25H23N3O5S/c1-25(2)13-28(20(25)22(30)31)21(29)19-11-26-23(34-19)27-24(32)33-12-18-16-9-5-3-7-14(16)15-8-4-6-10-17(15)18/h3-11,18,20H,12-13H2,1-2H3,(H,30,31)(H,26,27,32). The number of carbonyl (C=O) groups is 3. The Balaban J connectivity index is 1.22. The van der Waals surface area contributed by atoms with Crippen molar-refractivity contribution in [1.29, 1.82) is 0 Å². The Morgan fingerprint density at radius 3 is 2.32 bits per heavy atom. The van der Waals surface area contributed by atoms with E-state index in [9.17, 15) is 19.5 Å². The molecule has 1 aliphatic heterocycles. The second-order valence-electron chi connectivity index (χ2n) is 9.14. The van der Waals surface area contributed by atoms with E-state index in [0.717, 1.165) is 33.6 Å². The highest BCUT2D eigenvalue weighted by Crippen LogP contribution is 2.44. The maximum absolute atomic E-state index is 12.8. The van der Waals surface area contributed by atoms with Crippen molar-refractivity contribution in [2.24, 2.45) is 5.41 Å². The number of amides is 2. The summed E-state index contributed by atoms with van der Waals surface area (Å²) < 4.78 is 5.51. The molecule has 0 bridgehead atoms. The molecule has 2 N–H and O–H groups in total. The van der Waals surface area contributed by atoms with Crippen LogP contribution in [0.5, 0.6) is 0 Å². The van der Waals surface area contributed by atoms with Gasteiger partial charge >= 0.3 is 12.1 Å². The summed E-state index contributed by atoms with van der Waals surface area (Å²) in [7, 11) is 0. The van der Waals surface area contributed by atoms with Crippen LogP contribution in [0.2, 0.25) is 0 Å². The lowest BCUT2D eigenvalue weighted by Crippen LogP contribution is -2.67. The van der Waals surface area contributed by atoms with Crippen LogP contribution in [0.1, 0.15) is 40.6 Å². The molecular formula is C25H23N3O5S. The summed E-state index contributed by atoms with van der Waals surface area (Å²) in [6.07, 6.45) is 0.680. The van der Waals surface area contributed by atoms with Crippen molar-refractivity contribution in [1.82, 2.24) is 9.88 Å². The summed E-state index contributed by atoms with van der Waals surface area (Å²) in [5.74, 6) is -1.51. The van der Waals surface area contributed by atoms with Crippen molar-refractivity contribution in [3.05, 3.63) is 70.7 Å². The number of hydrogen-bond acceptors (Lipinski definition) is 6. The van der Waals surface area contributed by atoms with Gasteiger partial charge in [0.05, 0.1) is 6.20 Å². The number of nitrogens with zero attached hydrogens (tertiary/aromatic N) is 2. The average molecular weight is 478 g/mol. The van der Waals surface area contributed by atoms with Gasteiger partial charge < -0.3 is 14.7 Å². The third kappa shape index (κ3) is 3.71. The number of thiazole rings is 1. The van der Waals surface area contributed by atoms with Gasteiger partial charge in [-0.15, -0.1) is 0 Å². The molecule has 1 saturated heterocycles. The zero-order chi connectivity index (χ0) is 24.0. The molecule has 8 nitrogen and oxygen atoms in total. The van der Waals surface area contributed by atoms with Crippen molar-refractivity contribution in [3.63, 3.8) is 0 Å². The summed E-state index contributed by atoms with van der Waals surface area (Å²) in [5.41, 5.74) is 4.02. The molecule has 0 radical (unpaired) electrons. The van der Waals surface area contributed by atoms with Gasteiger partial charge in [0.2, 0.25) is 0 Å². The van der Waals surface area contributed by atoms with Gasteiger partial charge in [-0.1, -0.05) is 73.7 Å². The number of benzene rings is 2. The van der Waals surface area contributed by atoms with Crippen LogP contribution in [-0.2, 0) is 9.53 Å². The maximum Gasteiger partial charge on any atom is 0.413 e. The predicted molar refractivity (Wildman–Crippen MR) is 127 cm³/mol. The zero-order valence-electron chi connectivity index (χ0n) is 18.6. The Morgan fingerprint density at radius 2 is 1.74 bits per heavy atom. The number of aromatic nitrogens is 1. The fourth-order valence-electron chi connectivity index (χ4n) is 4.88. The molecule has 1 fully saturated rings. The second-order valence-corrected chi connectivity index (χ2v) is 10.2. The van der Waals surface area contributed by atoms with Gasteiger partial charge in [0.1, 0.15) is 17.5 Å². The van der Waals surface area contributed by atoms with Crippen LogP contribution in [0.25, 0.3) is 11.1 Å². The van der Waals surface area contributed by atoms with Crippen molar-refractivity contribution in [2.75, 3.05) is 18.5 Å². The van der Waals surface area contributed by atoms with E-state index in [2.05, 4.69) is 22.4 Å². The van der Waals surface area contributed by atoms with Gasteiger partial charge in [-0.2, -0.15) is 0 Å². The van der Waals surface area contributed by atoms with E-state index < -0.39 is 29.4 Å². The first kappa shape index (κ1) is 22.1. The molecule has 2 aromatic carbocycles. The van der Waals surface area contributed by atoms with Gasteiger partial charge in [-0.3, -0.25) is 10.1 Å². The zero-order valence-corrected chi connectivity index (χ0v) is 19.5. The van der Waals surface area contributed by atoms with Crippen LogP contribution >= 0.6 is 11.3 Å². The molecule has 0 saturated carbocycles. The highest BCUT2D eigenvalue weighted by Gasteiger charge is 2.52. The molecule has 1 unspecified atom stereocenters. The number of nitrogens with one attached hydrogen (secondary N) is 1. The lowest BCUT2D eigenvalue weighted by atomic mass is 9.75. The summed E-state index contributed by atoms with van der Waals surface area (Å²) in [5, 5.41) is 12.2. The number of carboxylic acid groups (broad SMARTS) is 1. The van der Waals surface area contributed by atoms with Crippen molar-refractivity contribution in [3.8, 4) is 11.1 Å². The van der Waals surface area contributed by atoms with E-state index in [0.29, 0.717) is 6.54 Å². The second kappa shape index (κ2) is 8.25. The monoisotopic (exact) mass is 477 g/mol. The van der Waals surface area contributed by atoms with Crippen molar-refractivity contribution >= 4 is 34.4 Å². The maximum atomic E-state index is 12.8. The van der Waals surface area contributed by atoms with Gasteiger partial charge in [0.25, 0.3) is 5.91 Å². The average Bonchev–Trinajstić information content (AvgIpc) is 3.38. The minimum atomic E-state index is -1.04. The normalized spacial score (nSPS) is 17.9. The molecule has 1 atom stereocenters. The molecule has 2 aliphatic rings. The molecule has 34 heavy (non-hydrogen) atoms. The molecule has 174 valence electrons. The van der Waals surface area contributed by atoms with Crippen molar-refractivity contribution < 1.29 is 24.2 Å². The van der Waals surface area contributed by atoms with E-state index in [4.69, 9.17) is 4.74 Å². The van der Waals surface area contributed by atoms with E-state index in [1.165, 1.54) is 11.1 Å². The van der Waals surface area contributed by atoms with Gasteiger partial charge in [-0.05, 0) is 22.3 Å². The Kier molecular flexibility index (Phi) is 5.36. The molecule has 1 aromatic heterocycles. The molecule has 2 amide bonds. The Hall–Kier alpha value is -3.72. The lowest BCUT2D eigenvalue weighted by Gasteiger charge is -2.51. The van der Waals surface area contributed by atoms with Gasteiger partial charge in [0.15, 0.2) is 5.13 Å². The molecule has 3 aromatic rings. The SMILES string of the molecule is CC1(C)CN(C(=O)c2cnc(NC(=O)OCC3c4ccccc4-c4ccccc43)s2)C1C(=O)O. The lowest BCUT2D eigenvalue weighted by molar-refractivity contribution is -0.156. The number of likely N-dealkylation sites (tertiary alicyclic amines) is 1. The van der Waals surface area contributed by atoms with Crippen LogP contribution in [0.3, 0.4) is 0 Å². The van der Waals surface area contributed by atoms with E-state index in [1.54, 1.807) is 0 Å². The molecule has 9 heteroatoms. The first-order valence-corrected chi connectivity index (χ1v) is 11.7. The fourth-order valence-corrected chi connectivity index (χ4v) is 5.64. The van der Waals surface area contributed by atoms with Crippen LogP contribution < -0.4 is 5.32 Å². The third-order valence-corrected chi connectivity index (χ3v) is 7.29. The smallest absolute Gasteiger partial charge is 0.413 e. The van der Waals surface area contributed by atoms with E-state index in [1.807, 2.05) is 50.2 Å². The molecule has 5 rings (SSSR count). The summed E-state index contributed by atoms with van der Waals surface area (Å²) in [6.45, 7) is 4.13. The number of carboxylic acids is 1. The topological polar surface area (TPSA) is 109 Å².